The van der Waals surface area contributed by atoms with E-state index in [1.165, 1.54) is 4.90 Å². The van der Waals surface area contributed by atoms with Gasteiger partial charge in [-0.25, -0.2) is 0 Å². The maximum Gasteiger partial charge on any atom is 0.253 e. The van der Waals surface area contributed by atoms with Gasteiger partial charge in [-0.15, -0.1) is 0 Å². The molecule has 0 aromatic heterocycles. The third-order valence-corrected chi connectivity index (χ3v) is 5.57. The van der Waals surface area contributed by atoms with Gasteiger partial charge in [-0.2, -0.15) is 0 Å². The number of amides is 3. The third-order valence-electron chi connectivity index (χ3n) is 5.57. The monoisotopic (exact) mass is 407 g/mol. The molecule has 1 aliphatic heterocycles. The van der Waals surface area contributed by atoms with Crippen LogP contribution in [0.2, 0.25) is 0 Å². The number of benzene rings is 2. The molecule has 0 N–H and O–H groups in total. The normalized spacial score (nSPS) is 17.8. The van der Waals surface area contributed by atoms with Gasteiger partial charge in [0.15, 0.2) is 0 Å². The molecule has 2 aromatic carbocycles. The zero-order valence-electron chi connectivity index (χ0n) is 18.3. The summed E-state index contributed by atoms with van der Waals surface area (Å²) >= 11 is 0. The number of carbonyl (C=O) groups is 3. The van der Waals surface area contributed by atoms with E-state index in [1.807, 2.05) is 43.3 Å². The number of carbonyl (C=O) groups excluding carboxylic acids is 3. The highest BCUT2D eigenvalue weighted by Crippen LogP contribution is 2.39. The Kier molecular flexibility index (Phi) is 6.25. The number of nitrogens with zero attached hydrogens (tertiary/aromatic N) is 3. The number of fused-ring (bicyclic) bond motifs is 1. The molecule has 3 rings (SSSR count). The first kappa shape index (κ1) is 21.6. The largest absolute Gasteiger partial charge is 0.347 e. The standard InChI is InChI=1S/C24H29N3O3/c1-6-21(28)27-20(24(30)26(4)5)15-18-9-7-8-10-19(18)22(27)16-11-13-17(14-12-16)23(29)25(2)3/h7-14,20,22H,6,15H2,1-5H3/t20-,22+/m1/s1. The van der Waals surface area contributed by atoms with Gasteiger partial charge in [0.2, 0.25) is 11.8 Å². The molecule has 6 nitrogen and oxygen atoms in total. The van der Waals surface area contributed by atoms with Crippen molar-refractivity contribution < 1.29 is 14.4 Å². The topological polar surface area (TPSA) is 60.9 Å². The molecule has 2 aromatic rings. The predicted molar refractivity (Wildman–Crippen MR) is 116 cm³/mol. The van der Waals surface area contributed by atoms with Crippen LogP contribution in [0.3, 0.4) is 0 Å². The Bertz CT molecular complexity index is 950. The van der Waals surface area contributed by atoms with E-state index in [2.05, 4.69) is 0 Å². The summed E-state index contributed by atoms with van der Waals surface area (Å²) in [7, 11) is 6.86. The fourth-order valence-electron chi connectivity index (χ4n) is 4.03. The highest BCUT2D eigenvalue weighted by Gasteiger charge is 2.41. The van der Waals surface area contributed by atoms with Gasteiger partial charge in [0, 0.05) is 46.6 Å². The van der Waals surface area contributed by atoms with E-state index < -0.39 is 6.04 Å². The Morgan fingerprint density at radius 1 is 0.933 bits per heavy atom. The molecule has 2 atom stereocenters. The van der Waals surface area contributed by atoms with Crippen molar-refractivity contribution in [2.75, 3.05) is 28.2 Å². The zero-order valence-corrected chi connectivity index (χ0v) is 18.3. The van der Waals surface area contributed by atoms with E-state index in [-0.39, 0.29) is 23.8 Å². The lowest BCUT2D eigenvalue weighted by Gasteiger charge is -2.43. The van der Waals surface area contributed by atoms with Gasteiger partial charge < -0.3 is 14.7 Å². The minimum atomic E-state index is -0.560. The van der Waals surface area contributed by atoms with E-state index in [4.69, 9.17) is 0 Å². The van der Waals surface area contributed by atoms with Crippen LogP contribution < -0.4 is 0 Å². The lowest BCUT2D eigenvalue weighted by molar-refractivity contribution is -0.146. The summed E-state index contributed by atoms with van der Waals surface area (Å²) in [5, 5.41) is 0. The van der Waals surface area contributed by atoms with Crippen LogP contribution >= 0.6 is 0 Å². The Balaban J connectivity index is 2.13. The lowest BCUT2D eigenvalue weighted by Crippen LogP contribution is -2.54. The predicted octanol–water partition coefficient (Wildman–Crippen LogP) is 2.73. The number of hydrogen-bond acceptors (Lipinski definition) is 3. The molecule has 0 bridgehead atoms. The van der Waals surface area contributed by atoms with Gasteiger partial charge in [-0.1, -0.05) is 43.3 Å². The molecule has 0 aliphatic carbocycles. The zero-order chi connectivity index (χ0) is 22.0. The molecule has 0 fully saturated rings. The molecule has 30 heavy (non-hydrogen) atoms. The summed E-state index contributed by atoms with van der Waals surface area (Å²) < 4.78 is 0. The SMILES string of the molecule is CCC(=O)N1[C@@H](c2ccc(C(=O)N(C)C)cc2)c2ccccc2C[C@@H]1C(=O)N(C)C. The summed E-state index contributed by atoms with van der Waals surface area (Å²) in [4.78, 5) is 43.2. The van der Waals surface area contributed by atoms with Crippen LogP contribution in [0.4, 0.5) is 0 Å². The minimum absolute atomic E-state index is 0.0665. The fraction of sp³-hybridized carbons (Fsp3) is 0.375. The van der Waals surface area contributed by atoms with Crippen molar-refractivity contribution >= 4 is 17.7 Å². The summed E-state index contributed by atoms with van der Waals surface area (Å²) in [5.41, 5.74) is 3.56. The molecule has 3 amide bonds. The summed E-state index contributed by atoms with van der Waals surface area (Å²) in [6, 6.07) is 14.4. The quantitative estimate of drug-likeness (QED) is 0.783. The molecule has 0 unspecified atom stereocenters. The van der Waals surface area contributed by atoms with Crippen molar-refractivity contribution in [2.45, 2.75) is 31.8 Å². The maximum absolute atomic E-state index is 13.1. The van der Waals surface area contributed by atoms with E-state index in [0.717, 1.165) is 16.7 Å². The second-order valence-electron chi connectivity index (χ2n) is 8.03. The molecule has 0 saturated carbocycles. The van der Waals surface area contributed by atoms with E-state index in [0.29, 0.717) is 18.4 Å². The molecular weight excluding hydrogens is 378 g/mol. The number of likely N-dealkylation sites (N-methyl/N-ethyl adjacent to an activating group) is 1. The molecule has 158 valence electrons. The highest BCUT2D eigenvalue weighted by molar-refractivity contribution is 5.94. The second kappa shape index (κ2) is 8.69. The van der Waals surface area contributed by atoms with E-state index >= 15 is 0 Å². The van der Waals surface area contributed by atoms with Gasteiger partial charge in [0.05, 0.1) is 6.04 Å². The van der Waals surface area contributed by atoms with Crippen LogP contribution in [-0.4, -0.2) is 66.7 Å². The van der Waals surface area contributed by atoms with Crippen LogP contribution in [0, 0.1) is 0 Å². The number of rotatable bonds is 4. The summed E-state index contributed by atoms with van der Waals surface area (Å²) in [6.07, 6.45) is 0.805. The fourth-order valence-corrected chi connectivity index (χ4v) is 4.03. The molecule has 1 aliphatic rings. The van der Waals surface area contributed by atoms with Gasteiger partial charge in [0.1, 0.15) is 6.04 Å². The molecule has 1 heterocycles. The molecule has 0 spiro atoms. The lowest BCUT2D eigenvalue weighted by atomic mass is 9.83. The Hall–Kier alpha value is -3.15. The first-order valence-electron chi connectivity index (χ1n) is 10.2. The average Bonchev–Trinajstić information content (AvgIpc) is 2.76. The molecule has 0 saturated heterocycles. The summed E-state index contributed by atoms with van der Waals surface area (Å²) in [5.74, 6) is -0.230. The van der Waals surface area contributed by atoms with Gasteiger partial charge >= 0.3 is 0 Å². The van der Waals surface area contributed by atoms with Gasteiger partial charge in [-0.3, -0.25) is 14.4 Å². The van der Waals surface area contributed by atoms with Gasteiger partial charge in [-0.05, 0) is 28.8 Å². The van der Waals surface area contributed by atoms with Crippen LogP contribution in [-0.2, 0) is 16.0 Å². The van der Waals surface area contributed by atoms with Crippen molar-refractivity contribution in [3.8, 4) is 0 Å². The van der Waals surface area contributed by atoms with Crippen molar-refractivity contribution in [3.05, 3.63) is 70.8 Å². The first-order chi connectivity index (χ1) is 14.3. The molecule has 6 heteroatoms. The average molecular weight is 408 g/mol. The number of hydrogen-bond donors (Lipinski definition) is 0. The Morgan fingerprint density at radius 3 is 2.13 bits per heavy atom. The van der Waals surface area contributed by atoms with Crippen LogP contribution in [0.1, 0.15) is 46.4 Å². The highest BCUT2D eigenvalue weighted by atomic mass is 16.2. The van der Waals surface area contributed by atoms with E-state index in [1.54, 1.807) is 50.1 Å². The van der Waals surface area contributed by atoms with Crippen molar-refractivity contribution in [1.82, 2.24) is 14.7 Å². The van der Waals surface area contributed by atoms with Crippen LogP contribution in [0.5, 0.6) is 0 Å². The van der Waals surface area contributed by atoms with E-state index in [9.17, 15) is 14.4 Å². The Labute approximate surface area is 178 Å². The second-order valence-corrected chi connectivity index (χ2v) is 8.03. The maximum atomic E-state index is 13.1. The van der Waals surface area contributed by atoms with Crippen molar-refractivity contribution in [1.29, 1.82) is 0 Å². The van der Waals surface area contributed by atoms with Gasteiger partial charge in [0.25, 0.3) is 5.91 Å². The Morgan fingerprint density at radius 2 is 1.57 bits per heavy atom. The van der Waals surface area contributed by atoms with Crippen molar-refractivity contribution in [2.24, 2.45) is 0 Å². The molecular formula is C24H29N3O3. The third kappa shape index (κ3) is 3.95. The molecule has 0 radical (unpaired) electrons. The smallest absolute Gasteiger partial charge is 0.253 e. The first-order valence-corrected chi connectivity index (χ1v) is 10.2. The van der Waals surface area contributed by atoms with Crippen LogP contribution in [0.15, 0.2) is 48.5 Å². The minimum Gasteiger partial charge on any atom is -0.347 e. The summed E-state index contributed by atoms with van der Waals surface area (Å²) in [6.45, 7) is 1.82. The van der Waals surface area contributed by atoms with Crippen molar-refractivity contribution in [3.63, 3.8) is 0 Å². The van der Waals surface area contributed by atoms with Crippen LogP contribution in [0.25, 0.3) is 0 Å².